The molecule has 3 rings (SSSR count). The standard InChI is InChI=1S/C19H23F3N6O.HI/c1-27-8-10-28(11-9-27)17-12-14(6-7-24-17)13-25-18(23)26-15-2-4-16(5-3-15)29-19(20,21)22;/h2-7,12H,8-11,13H2,1H3,(H3,23,25,26);1H. The first-order valence-corrected chi connectivity index (χ1v) is 9.10. The van der Waals surface area contributed by atoms with Gasteiger partial charge in [-0.15, -0.1) is 37.1 Å². The SMILES string of the molecule is CN1CCN(c2cc(CN=C(N)Nc3ccc(OC(F)(F)F)cc3)ccn2)CC1.I. The maximum atomic E-state index is 12.2. The Balaban J connectivity index is 0.00000320. The second-order valence-corrected chi connectivity index (χ2v) is 6.71. The molecule has 3 N–H and O–H groups in total. The monoisotopic (exact) mass is 536 g/mol. The van der Waals surface area contributed by atoms with E-state index in [0.29, 0.717) is 12.2 Å². The van der Waals surface area contributed by atoms with E-state index >= 15 is 0 Å². The summed E-state index contributed by atoms with van der Waals surface area (Å²) in [6.07, 6.45) is -2.97. The number of likely N-dealkylation sites (N-methyl/N-ethyl adjacent to an activating group) is 1. The zero-order valence-electron chi connectivity index (χ0n) is 16.4. The number of hydrogen-bond donors (Lipinski definition) is 2. The van der Waals surface area contributed by atoms with Crippen LogP contribution in [0.1, 0.15) is 5.56 Å². The van der Waals surface area contributed by atoms with Crippen molar-refractivity contribution in [1.82, 2.24) is 9.88 Å². The molecule has 2 heterocycles. The van der Waals surface area contributed by atoms with E-state index in [-0.39, 0.29) is 35.7 Å². The topological polar surface area (TPSA) is 79.0 Å². The quantitative estimate of drug-likeness (QED) is 0.347. The zero-order valence-corrected chi connectivity index (χ0v) is 18.7. The van der Waals surface area contributed by atoms with Gasteiger partial charge in [0.1, 0.15) is 11.6 Å². The third kappa shape index (κ3) is 7.52. The molecule has 0 unspecified atom stereocenters. The maximum Gasteiger partial charge on any atom is 0.573 e. The van der Waals surface area contributed by atoms with E-state index in [4.69, 9.17) is 5.73 Å². The Morgan fingerprint density at radius 1 is 1.17 bits per heavy atom. The van der Waals surface area contributed by atoms with Crippen molar-refractivity contribution in [3.05, 3.63) is 48.2 Å². The number of aromatic nitrogens is 1. The number of rotatable bonds is 5. The van der Waals surface area contributed by atoms with Gasteiger partial charge in [-0.05, 0) is 49.0 Å². The van der Waals surface area contributed by atoms with Crippen molar-refractivity contribution in [2.45, 2.75) is 12.9 Å². The minimum atomic E-state index is -4.72. The third-order valence-corrected chi connectivity index (χ3v) is 4.43. The molecule has 0 radical (unpaired) electrons. The average Bonchev–Trinajstić information content (AvgIpc) is 2.68. The lowest BCUT2D eigenvalue weighted by molar-refractivity contribution is -0.274. The summed E-state index contributed by atoms with van der Waals surface area (Å²) in [6.45, 7) is 4.20. The number of alkyl halides is 3. The number of nitrogens with two attached hydrogens (primary N) is 1. The lowest BCUT2D eigenvalue weighted by Crippen LogP contribution is -2.44. The number of halogens is 4. The van der Waals surface area contributed by atoms with Gasteiger partial charge in [0, 0.05) is 38.1 Å². The van der Waals surface area contributed by atoms with E-state index in [1.807, 2.05) is 12.1 Å². The van der Waals surface area contributed by atoms with Crippen molar-refractivity contribution in [2.24, 2.45) is 10.7 Å². The van der Waals surface area contributed by atoms with Gasteiger partial charge in [0.2, 0.25) is 0 Å². The van der Waals surface area contributed by atoms with Crippen LogP contribution in [0, 0.1) is 0 Å². The second-order valence-electron chi connectivity index (χ2n) is 6.71. The van der Waals surface area contributed by atoms with Crippen LogP contribution in [0.2, 0.25) is 0 Å². The summed E-state index contributed by atoms with van der Waals surface area (Å²) in [5.74, 6) is 0.775. The van der Waals surface area contributed by atoms with E-state index in [0.717, 1.165) is 37.6 Å². The van der Waals surface area contributed by atoms with Gasteiger partial charge in [-0.1, -0.05) is 0 Å². The smallest absolute Gasteiger partial charge is 0.406 e. The molecule has 0 bridgehead atoms. The van der Waals surface area contributed by atoms with Crippen molar-refractivity contribution in [3.8, 4) is 5.75 Å². The summed E-state index contributed by atoms with van der Waals surface area (Å²) in [6, 6.07) is 9.14. The molecule has 1 saturated heterocycles. The fourth-order valence-electron chi connectivity index (χ4n) is 2.87. The fourth-order valence-corrected chi connectivity index (χ4v) is 2.87. The molecule has 7 nitrogen and oxygen atoms in total. The summed E-state index contributed by atoms with van der Waals surface area (Å²) in [5.41, 5.74) is 7.36. The Kier molecular flexibility index (Phi) is 8.53. The lowest BCUT2D eigenvalue weighted by Gasteiger charge is -2.33. The third-order valence-electron chi connectivity index (χ3n) is 4.43. The van der Waals surface area contributed by atoms with E-state index in [2.05, 4.69) is 36.9 Å². The molecule has 0 amide bonds. The number of nitrogens with one attached hydrogen (secondary N) is 1. The number of ether oxygens (including phenoxy) is 1. The predicted octanol–water partition coefficient (Wildman–Crippen LogP) is 3.28. The summed E-state index contributed by atoms with van der Waals surface area (Å²) in [7, 11) is 2.10. The highest BCUT2D eigenvalue weighted by Gasteiger charge is 2.30. The minimum Gasteiger partial charge on any atom is -0.406 e. The van der Waals surface area contributed by atoms with Crippen LogP contribution < -0.4 is 20.7 Å². The first-order chi connectivity index (χ1) is 13.8. The summed E-state index contributed by atoms with van der Waals surface area (Å²) in [4.78, 5) is 13.2. The average molecular weight is 536 g/mol. The van der Waals surface area contributed by atoms with Crippen LogP contribution in [0.4, 0.5) is 24.7 Å². The van der Waals surface area contributed by atoms with Crippen LogP contribution in [-0.2, 0) is 6.54 Å². The van der Waals surface area contributed by atoms with Crippen molar-refractivity contribution in [2.75, 3.05) is 43.4 Å². The van der Waals surface area contributed by atoms with Crippen LogP contribution in [0.15, 0.2) is 47.6 Å². The number of pyridine rings is 1. The molecule has 0 spiro atoms. The molecule has 1 fully saturated rings. The Hall–Kier alpha value is -2.28. The van der Waals surface area contributed by atoms with Crippen molar-refractivity contribution >= 4 is 41.4 Å². The highest BCUT2D eigenvalue weighted by Crippen LogP contribution is 2.24. The first kappa shape index (κ1) is 24.0. The molecule has 1 aliphatic heterocycles. The van der Waals surface area contributed by atoms with Gasteiger partial charge >= 0.3 is 6.36 Å². The highest BCUT2D eigenvalue weighted by molar-refractivity contribution is 14.0. The molecule has 30 heavy (non-hydrogen) atoms. The summed E-state index contributed by atoms with van der Waals surface area (Å²) >= 11 is 0. The molecule has 2 aromatic rings. The summed E-state index contributed by atoms with van der Waals surface area (Å²) < 4.78 is 40.4. The van der Waals surface area contributed by atoms with Gasteiger partial charge in [0.05, 0.1) is 6.54 Å². The van der Waals surface area contributed by atoms with Crippen LogP contribution in [-0.4, -0.2) is 55.4 Å². The van der Waals surface area contributed by atoms with E-state index in [1.165, 1.54) is 24.3 Å². The zero-order chi connectivity index (χ0) is 20.9. The maximum absolute atomic E-state index is 12.2. The first-order valence-electron chi connectivity index (χ1n) is 9.10. The molecule has 164 valence electrons. The van der Waals surface area contributed by atoms with Crippen molar-refractivity contribution in [3.63, 3.8) is 0 Å². The second kappa shape index (κ2) is 10.7. The number of piperazine rings is 1. The Morgan fingerprint density at radius 3 is 2.47 bits per heavy atom. The Morgan fingerprint density at radius 2 is 1.83 bits per heavy atom. The normalized spacial score (nSPS) is 15.5. The Labute approximate surface area is 190 Å². The number of guanidine groups is 1. The van der Waals surface area contributed by atoms with E-state index in [9.17, 15) is 13.2 Å². The molecule has 0 saturated carbocycles. The molecule has 1 aromatic heterocycles. The van der Waals surface area contributed by atoms with E-state index < -0.39 is 6.36 Å². The summed E-state index contributed by atoms with van der Waals surface area (Å²) in [5, 5.41) is 2.84. The molecule has 1 aliphatic rings. The van der Waals surface area contributed by atoms with E-state index in [1.54, 1.807) is 6.20 Å². The van der Waals surface area contributed by atoms with Gasteiger partial charge in [-0.2, -0.15) is 0 Å². The van der Waals surface area contributed by atoms with Gasteiger partial charge in [0.25, 0.3) is 0 Å². The van der Waals surface area contributed by atoms with Crippen LogP contribution >= 0.6 is 24.0 Å². The molecule has 0 aliphatic carbocycles. The number of aliphatic imine (C=N–C) groups is 1. The predicted molar refractivity (Wildman–Crippen MR) is 121 cm³/mol. The number of anilines is 2. The van der Waals surface area contributed by atoms with Crippen LogP contribution in [0.25, 0.3) is 0 Å². The largest absolute Gasteiger partial charge is 0.573 e. The Bertz CT molecular complexity index is 839. The number of hydrogen-bond acceptors (Lipinski definition) is 5. The molecular weight excluding hydrogens is 512 g/mol. The molecule has 0 atom stereocenters. The van der Waals surface area contributed by atoms with Crippen LogP contribution in [0.3, 0.4) is 0 Å². The molecule has 1 aromatic carbocycles. The van der Waals surface area contributed by atoms with Crippen molar-refractivity contribution in [1.29, 1.82) is 0 Å². The van der Waals surface area contributed by atoms with Gasteiger partial charge in [0.15, 0.2) is 5.96 Å². The minimum absolute atomic E-state index is 0. The molecule has 11 heteroatoms. The lowest BCUT2D eigenvalue weighted by atomic mass is 10.2. The number of benzene rings is 1. The highest BCUT2D eigenvalue weighted by atomic mass is 127. The van der Waals surface area contributed by atoms with Gasteiger partial charge in [-0.3, -0.25) is 0 Å². The van der Waals surface area contributed by atoms with Gasteiger partial charge in [-0.25, -0.2) is 9.98 Å². The fraction of sp³-hybridized carbons (Fsp3) is 0.368. The number of nitrogens with zero attached hydrogens (tertiary/aromatic N) is 4. The van der Waals surface area contributed by atoms with Crippen LogP contribution in [0.5, 0.6) is 5.75 Å². The van der Waals surface area contributed by atoms with Gasteiger partial charge < -0.3 is 25.6 Å². The molecular formula is C19H24F3IN6O. The van der Waals surface area contributed by atoms with Crippen molar-refractivity contribution < 1.29 is 17.9 Å².